The Kier molecular flexibility index (Phi) is 4.95. The first kappa shape index (κ1) is 14.0. The van der Waals surface area contributed by atoms with Gasteiger partial charge in [0.15, 0.2) is 0 Å². The molecule has 1 atom stereocenters. The van der Waals surface area contributed by atoms with Crippen molar-refractivity contribution in [3.63, 3.8) is 0 Å². The highest BCUT2D eigenvalue weighted by atomic mass is 16.3. The Morgan fingerprint density at radius 3 is 2.47 bits per heavy atom. The van der Waals surface area contributed by atoms with Gasteiger partial charge in [-0.2, -0.15) is 5.26 Å². The quantitative estimate of drug-likeness (QED) is 0.873. The number of rotatable bonds is 4. The van der Waals surface area contributed by atoms with E-state index in [-0.39, 0.29) is 0 Å². The van der Waals surface area contributed by atoms with Crippen LogP contribution in [0.5, 0.6) is 0 Å². The van der Waals surface area contributed by atoms with Crippen LogP contribution in [0.1, 0.15) is 49.8 Å². The molecule has 0 aromatic heterocycles. The third-order valence-electron chi connectivity index (χ3n) is 4.04. The normalized spacial score (nSPS) is 24.7. The summed E-state index contributed by atoms with van der Waals surface area (Å²) in [6.07, 6.45) is 4.49. The molecule has 3 nitrogen and oxygen atoms in total. The van der Waals surface area contributed by atoms with Crippen molar-refractivity contribution in [1.82, 2.24) is 5.32 Å². The number of nitrogens with zero attached hydrogens (tertiary/aromatic N) is 1. The molecule has 0 aliphatic heterocycles. The van der Waals surface area contributed by atoms with E-state index in [1.165, 1.54) is 25.7 Å². The van der Waals surface area contributed by atoms with Gasteiger partial charge in [-0.1, -0.05) is 19.1 Å². The number of hydrogen-bond donors (Lipinski definition) is 2. The molecule has 0 radical (unpaired) electrons. The van der Waals surface area contributed by atoms with Crippen molar-refractivity contribution in [3.05, 3.63) is 35.4 Å². The van der Waals surface area contributed by atoms with Gasteiger partial charge in [0.25, 0.3) is 0 Å². The zero-order valence-corrected chi connectivity index (χ0v) is 11.5. The van der Waals surface area contributed by atoms with E-state index >= 15 is 0 Å². The highest BCUT2D eigenvalue weighted by Crippen LogP contribution is 2.23. The number of aliphatic hydroxyl groups excluding tert-OH is 1. The predicted octanol–water partition coefficient (Wildman–Crippen LogP) is 2.76. The van der Waals surface area contributed by atoms with Crippen LogP contribution in [-0.4, -0.2) is 17.7 Å². The minimum Gasteiger partial charge on any atom is -0.387 e. The van der Waals surface area contributed by atoms with Crippen molar-refractivity contribution >= 4 is 0 Å². The van der Waals surface area contributed by atoms with E-state index in [0.29, 0.717) is 18.2 Å². The van der Waals surface area contributed by atoms with Crippen LogP contribution >= 0.6 is 0 Å². The summed E-state index contributed by atoms with van der Waals surface area (Å²) >= 11 is 0. The molecule has 3 heteroatoms. The summed E-state index contributed by atoms with van der Waals surface area (Å²) in [7, 11) is 0. The van der Waals surface area contributed by atoms with Gasteiger partial charge in [0.2, 0.25) is 0 Å². The zero-order valence-electron chi connectivity index (χ0n) is 11.5. The van der Waals surface area contributed by atoms with E-state index in [2.05, 4.69) is 18.3 Å². The Morgan fingerprint density at radius 2 is 1.89 bits per heavy atom. The molecule has 102 valence electrons. The molecule has 1 aromatic rings. The van der Waals surface area contributed by atoms with E-state index < -0.39 is 6.10 Å². The lowest BCUT2D eigenvalue weighted by Crippen LogP contribution is -2.35. The highest BCUT2D eigenvalue weighted by molar-refractivity contribution is 5.32. The lowest BCUT2D eigenvalue weighted by molar-refractivity contribution is 0.163. The SMILES string of the molecule is CC1CCC(NCC(O)c2ccc(C#N)cc2)CC1. The van der Waals surface area contributed by atoms with Gasteiger partial charge in [-0.25, -0.2) is 0 Å². The summed E-state index contributed by atoms with van der Waals surface area (Å²) in [5.74, 6) is 0.849. The van der Waals surface area contributed by atoms with Crippen LogP contribution in [0, 0.1) is 17.2 Å². The van der Waals surface area contributed by atoms with E-state index in [4.69, 9.17) is 5.26 Å². The molecule has 0 spiro atoms. The summed E-state index contributed by atoms with van der Waals surface area (Å²) in [4.78, 5) is 0. The van der Waals surface area contributed by atoms with Gasteiger partial charge >= 0.3 is 0 Å². The predicted molar refractivity (Wildman–Crippen MR) is 75.5 cm³/mol. The van der Waals surface area contributed by atoms with Crippen molar-refractivity contribution in [2.75, 3.05) is 6.54 Å². The molecular formula is C16H22N2O. The minimum absolute atomic E-state index is 0.493. The lowest BCUT2D eigenvalue weighted by Gasteiger charge is -2.28. The monoisotopic (exact) mass is 258 g/mol. The van der Waals surface area contributed by atoms with Gasteiger partial charge in [0.1, 0.15) is 0 Å². The molecule has 0 heterocycles. The topological polar surface area (TPSA) is 56.0 Å². The maximum Gasteiger partial charge on any atom is 0.0991 e. The van der Waals surface area contributed by atoms with E-state index in [1.807, 2.05) is 12.1 Å². The molecule has 0 saturated heterocycles. The largest absolute Gasteiger partial charge is 0.387 e. The van der Waals surface area contributed by atoms with E-state index in [9.17, 15) is 5.11 Å². The number of nitrogens with one attached hydrogen (secondary N) is 1. The molecule has 19 heavy (non-hydrogen) atoms. The molecule has 2 N–H and O–H groups in total. The Balaban J connectivity index is 1.80. The summed E-state index contributed by atoms with van der Waals surface area (Å²) in [6.45, 7) is 2.90. The number of hydrogen-bond acceptors (Lipinski definition) is 3. The Labute approximate surface area is 115 Å². The average molecular weight is 258 g/mol. The van der Waals surface area contributed by atoms with Crippen molar-refractivity contribution in [2.45, 2.75) is 44.8 Å². The summed E-state index contributed by atoms with van der Waals surface area (Å²) in [5.41, 5.74) is 1.50. The minimum atomic E-state index is -0.493. The summed E-state index contributed by atoms with van der Waals surface area (Å²) in [5, 5.41) is 22.3. The molecule has 0 amide bonds. The van der Waals surface area contributed by atoms with Crippen LogP contribution in [0.25, 0.3) is 0 Å². The lowest BCUT2D eigenvalue weighted by atomic mass is 9.87. The first-order valence-electron chi connectivity index (χ1n) is 7.10. The van der Waals surface area contributed by atoms with Crippen LogP contribution in [0.2, 0.25) is 0 Å². The van der Waals surface area contributed by atoms with Crippen molar-refractivity contribution in [1.29, 1.82) is 5.26 Å². The second kappa shape index (κ2) is 6.70. The average Bonchev–Trinajstić information content (AvgIpc) is 2.46. The molecule has 2 rings (SSSR count). The van der Waals surface area contributed by atoms with E-state index in [1.54, 1.807) is 12.1 Å². The number of benzene rings is 1. The fourth-order valence-corrected chi connectivity index (χ4v) is 2.64. The Morgan fingerprint density at radius 1 is 1.26 bits per heavy atom. The number of nitriles is 1. The van der Waals surface area contributed by atoms with Gasteiger partial charge in [0.05, 0.1) is 17.7 Å². The van der Waals surface area contributed by atoms with Crippen LogP contribution in [0.3, 0.4) is 0 Å². The van der Waals surface area contributed by atoms with Gasteiger partial charge in [0, 0.05) is 12.6 Å². The Hall–Kier alpha value is -1.37. The molecule has 1 saturated carbocycles. The summed E-state index contributed by atoms with van der Waals surface area (Å²) in [6, 6.07) is 9.79. The first-order valence-corrected chi connectivity index (χ1v) is 7.10. The van der Waals surface area contributed by atoms with Crippen molar-refractivity contribution in [2.24, 2.45) is 5.92 Å². The molecule has 1 aromatic carbocycles. The van der Waals surface area contributed by atoms with Gasteiger partial charge < -0.3 is 10.4 Å². The smallest absolute Gasteiger partial charge is 0.0991 e. The van der Waals surface area contributed by atoms with Crippen LogP contribution < -0.4 is 5.32 Å². The first-order chi connectivity index (χ1) is 9.19. The van der Waals surface area contributed by atoms with E-state index in [0.717, 1.165) is 11.5 Å². The third kappa shape index (κ3) is 4.05. The van der Waals surface area contributed by atoms with Crippen LogP contribution in [0.15, 0.2) is 24.3 Å². The van der Waals surface area contributed by atoms with Crippen molar-refractivity contribution < 1.29 is 5.11 Å². The number of aliphatic hydroxyl groups is 1. The summed E-state index contributed by atoms with van der Waals surface area (Å²) < 4.78 is 0. The standard InChI is InChI=1S/C16H22N2O/c1-12-2-8-15(9-3-12)18-11-16(19)14-6-4-13(10-17)5-7-14/h4-7,12,15-16,18-19H,2-3,8-9,11H2,1H3. The molecule has 1 fully saturated rings. The molecular weight excluding hydrogens is 236 g/mol. The van der Waals surface area contributed by atoms with Gasteiger partial charge in [-0.15, -0.1) is 0 Å². The molecule has 1 unspecified atom stereocenters. The van der Waals surface area contributed by atoms with Gasteiger partial charge in [-0.3, -0.25) is 0 Å². The second-order valence-corrected chi connectivity index (χ2v) is 5.61. The van der Waals surface area contributed by atoms with Crippen molar-refractivity contribution in [3.8, 4) is 6.07 Å². The van der Waals surface area contributed by atoms with Gasteiger partial charge in [-0.05, 0) is 49.3 Å². The maximum atomic E-state index is 10.1. The third-order valence-corrected chi connectivity index (χ3v) is 4.04. The molecule has 1 aliphatic rings. The fourth-order valence-electron chi connectivity index (χ4n) is 2.64. The maximum absolute atomic E-state index is 10.1. The highest BCUT2D eigenvalue weighted by Gasteiger charge is 2.18. The second-order valence-electron chi connectivity index (χ2n) is 5.61. The van der Waals surface area contributed by atoms with Crippen LogP contribution in [0.4, 0.5) is 0 Å². The van der Waals surface area contributed by atoms with Crippen LogP contribution in [-0.2, 0) is 0 Å². The molecule has 0 bridgehead atoms. The zero-order chi connectivity index (χ0) is 13.7. The fraction of sp³-hybridized carbons (Fsp3) is 0.562. The molecule has 1 aliphatic carbocycles. The Bertz CT molecular complexity index is 427.